The van der Waals surface area contributed by atoms with Crippen LogP contribution in [0.1, 0.15) is 0 Å². The number of benzene rings is 8. The lowest BCUT2D eigenvalue weighted by molar-refractivity contribution is 0.634. The average Bonchev–Trinajstić information content (AvgIpc) is 3.77. The van der Waals surface area contributed by atoms with E-state index in [1.165, 1.54) is 0 Å². The van der Waals surface area contributed by atoms with E-state index in [9.17, 15) is 0 Å². The van der Waals surface area contributed by atoms with E-state index in [-0.39, 0.29) is 0 Å². The fourth-order valence-corrected chi connectivity index (χ4v) is 7.48. The highest BCUT2D eigenvalue weighted by molar-refractivity contribution is 6.26. The highest BCUT2D eigenvalue weighted by Gasteiger charge is 2.25. The van der Waals surface area contributed by atoms with Gasteiger partial charge in [-0.05, 0) is 74.8 Å². The lowest BCUT2D eigenvalue weighted by Crippen LogP contribution is -1.85. The van der Waals surface area contributed by atoms with E-state index >= 15 is 0 Å². The van der Waals surface area contributed by atoms with E-state index in [0.717, 1.165) is 99.5 Å². The van der Waals surface area contributed by atoms with Crippen LogP contribution in [0.4, 0.5) is 0 Å². The molecule has 0 spiro atoms. The molecular weight excluding hydrogens is 609 g/mol. The summed E-state index contributed by atoms with van der Waals surface area (Å²) in [5.74, 6) is 0. The van der Waals surface area contributed by atoms with Crippen molar-refractivity contribution in [2.75, 3.05) is 0 Å². The van der Waals surface area contributed by atoms with E-state index in [1.54, 1.807) is 0 Å². The van der Waals surface area contributed by atoms with Crippen molar-refractivity contribution in [1.29, 1.82) is 0 Å². The van der Waals surface area contributed by atoms with Crippen molar-refractivity contribution in [3.63, 3.8) is 0 Å². The Balaban J connectivity index is 1.38. The Bertz CT molecular complexity index is 2810. The highest BCUT2D eigenvalue weighted by atomic mass is 16.4. The van der Waals surface area contributed by atoms with Crippen LogP contribution in [-0.4, -0.2) is 0 Å². The molecule has 8 aromatic carbocycles. The first kappa shape index (κ1) is 28.4. The molecule has 2 aromatic heterocycles. The maximum atomic E-state index is 7.10. The first-order valence-corrected chi connectivity index (χ1v) is 17.0. The van der Waals surface area contributed by atoms with Crippen LogP contribution in [-0.2, 0) is 0 Å². The minimum Gasteiger partial charge on any atom is -0.451 e. The van der Waals surface area contributed by atoms with E-state index in [2.05, 4.69) is 182 Å². The van der Waals surface area contributed by atoms with Gasteiger partial charge < -0.3 is 8.83 Å². The zero-order valence-electron chi connectivity index (χ0n) is 27.1. The summed E-state index contributed by atoms with van der Waals surface area (Å²) in [6, 6.07) is 64.3. The molecule has 10 aromatic rings. The van der Waals surface area contributed by atoms with Gasteiger partial charge in [-0.2, -0.15) is 0 Å². The predicted molar refractivity (Wildman–Crippen MR) is 208 cm³/mol. The zero-order valence-corrected chi connectivity index (χ0v) is 27.1. The summed E-state index contributed by atoms with van der Waals surface area (Å²) >= 11 is 0. The van der Waals surface area contributed by atoms with Gasteiger partial charge in [-0.25, -0.2) is 0 Å². The molecule has 234 valence electrons. The molecule has 50 heavy (non-hydrogen) atoms. The molecule has 10 rings (SSSR count). The van der Waals surface area contributed by atoms with Crippen molar-refractivity contribution in [2.45, 2.75) is 0 Å². The smallest absolute Gasteiger partial charge is 0.179 e. The summed E-state index contributed by atoms with van der Waals surface area (Å²) in [5, 5.41) is 4.21. The van der Waals surface area contributed by atoms with Crippen LogP contribution in [0, 0.1) is 0 Å². The number of hydrogen-bond acceptors (Lipinski definition) is 2. The molecule has 0 atom stereocenters. The second kappa shape index (κ2) is 11.5. The SMILES string of the molecule is c1ccc(-c2cc(-c3ccccc3)c3oc4c(cc(-c5ccccc5)c5c6cc(-c7ccccc7)cc(-c7ccccc7)c6oc45)c3c2)cc1. The second-order valence-corrected chi connectivity index (χ2v) is 12.8. The quantitative estimate of drug-likeness (QED) is 0.187. The predicted octanol–water partition coefficient (Wildman–Crippen LogP) is 13.8. The monoisotopic (exact) mass is 638 g/mol. The highest BCUT2D eigenvalue weighted by Crippen LogP contribution is 2.49. The Labute approximate surface area is 289 Å². The zero-order chi connectivity index (χ0) is 33.0. The maximum absolute atomic E-state index is 7.10. The van der Waals surface area contributed by atoms with Crippen molar-refractivity contribution in [3.05, 3.63) is 182 Å². The Hall–Kier alpha value is -6.64. The van der Waals surface area contributed by atoms with Gasteiger partial charge in [0.2, 0.25) is 0 Å². The van der Waals surface area contributed by atoms with Gasteiger partial charge in [0.1, 0.15) is 11.2 Å². The van der Waals surface area contributed by atoms with Crippen molar-refractivity contribution >= 4 is 43.9 Å². The Morgan fingerprint density at radius 3 is 1.08 bits per heavy atom. The van der Waals surface area contributed by atoms with E-state index < -0.39 is 0 Å². The van der Waals surface area contributed by atoms with Crippen molar-refractivity contribution in [1.82, 2.24) is 0 Å². The van der Waals surface area contributed by atoms with Gasteiger partial charge in [0.05, 0.1) is 0 Å². The molecule has 0 N–H and O–H groups in total. The first-order chi connectivity index (χ1) is 24.8. The largest absolute Gasteiger partial charge is 0.451 e. The molecule has 0 radical (unpaired) electrons. The molecule has 0 aliphatic rings. The topological polar surface area (TPSA) is 26.3 Å². The van der Waals surface area contributed by atoms with E-state index in [4.69, 9.17) is 8.83 Å². The van der Waals surface area contributed by atoms with Crippen molar-refractivity contribution in [3.8, 4) is 55.6 Å². The van der Waals surface area contributed by atoms with Gasteiger partial charge in [-0.15, -0.1) is 0 Å². The van der Waals surface area contributed by atoms with E-state index in [1.807, 2.05) is 0 Å². The molecule has 0 unspecified atom stereocenters. The van der Waals surface area contributed by atoms with Gasteiger partial charge in [0.25, 0.3) is 0 Å². The van der Waals surface area contributed by atoms with Gasteiger partial charge in [-0.3, -0.25) is 0 Å². The van der Waals surface area contributed by atoms with Crippen LogP contribution >= 0.6 is 0 Å². The van der Waals surface area contributed by atoms with Crippen LogP contribution in [0.25, 0.3) is 99.5 Å². The van der Waals surface area contributed by atoms with Crippen molar-refractivity contribution in [2.24, 2.45) is 0 Å². The summed E-state index contributed by atoms with van der Waals surface area (Å²) in [6.45, 7) is 0. The molecule has 0 amide bonds. The first-order valence-electron chi connectivity index (χ1n) is 17.0. The summed E-state index contributed by atoms with van der Waals surface area (Å²) in [6.07, 6.45) is 0. The van der Waals surface area contributed by atoms with Gasteiger partial charge in [0, 0.05) is 32.7 Å². The minimum atomic E-state index is 0.758. The van der Waals surface area contributed by atoms with Crippen LogP contribution in [0.15, 0.2) is 191 Å². The average molecular weight is 639 g/mol. The Morgan fingerprint density at radius 1 is 0.240 bits per heavy atom. The number of fused-ring (bicyclic) bond motifs is 7. The van der Waals surface area contributed by atoms with Crippen molar-refractivity contribution < 1.29 is 8.83 Å². The minimum absolute atomic E-state index is 0.758. The summed E-state index contributed by atoms with van der Waals surface area (Å²) in [4.78, 5) is 0. The molecule has 0 bridgehead atoms. The van der Waals surface area contributed by atoms with Crippen LogP contribution in [0.2, 0.25) is 0 Å². The molecular formula is C48H30O2. The molecule has 0 aliphatic heterocycles. The molecule has 2 heteroatoms. The fraction of sp³-hybridized carbons (Fsp3) is 0. The summed E-state index contributed by atoms with van der Waals surface area (Å²) in [5.41, 5.74) is 14.4. The standard InChI is InChI=1S/C48H30O2/c1-6-16-31(17-7-1)36-26-39(34-22-12-4-13-23-34)45-41(28-36)42-30-38(33-20-10-3-11-21-33)44-43-29-37(32-18-8-2-9-19-32)27-40(35-24-14-5-15-25-35)46(43)50-48(44)47(42)49-45/h1-30H. The number of hydrogen-bond donors (Lipinski definition) is 0. The maximum Gasteiger partial charge on any atom is 0.179 e. The third-order valence-corrected chi connectivity index (χ3v) is 9.85. The van der Waals surface area contributed by atoms with Gasteiger partial charge in [0.15, 0.2) is 11.2 Å². The molecule has 2 nitrogen and oxygen atoms in total. The Kier molecular flexibility index (Phi) is 6.53. The number of furan rings is 2. The summed E-state index contributed by atoms with van der Waals surface area (Å²) < 4.78 is 14.1. The third kappa shape index (κ3) is 4.57. The number of rotatable bonds is 5. The lowest BCUT2D eigenvalue weighted by atomic mass is 9.92. The molecule has 0 saturated heterocycles. The second-order valence-electron chi connectivity index (χ2n) is 12.8. The fourth-order valence-electron chi connectivity index (χ4n) is 7.48. The van der Waals surface area contributed by atoms with Crippen LogP contribution in [0.5, 0.6) is 0 Å². The normalized spacial score (nSPS) is 11.6. The molecule has 2 heterocycles. The third-order valence-electron chi connectivity index (χ3n) is 9.85. The van der Waals surface area contributed by atoms with Crippen LogP contribution in [0.3, 0.4) is 0 Å². The van der Waals surface area contributed by atoms with E-state index in [0.29, 0.717) is 0 Å². The van der Waals surface area contributed by atoms with Gasteiger partial charge >= 0.3 is 0 Å². The molecule has 0 fully saturated rings. The van der Waals surface area contributed by atoms with Gasteiger partial charge in [-0.1, -0.05) is 152 Å². The summed E-state index contributed by atoms with van der Waals surface area (Å²) in [7, 11) is 0. The molecule has 0 aliphatic carbocycles. The lowest BCUT2D eigenvalue weighted by Gasteiger charge is -2.09. The Morgan fingerprint density at radius 2 is 0.600 bits per heavy atom. The molecule has 0 saturated carbocycles. The van der Waals surface area contributed by atoms with Crippen LogP contribution < -0.4 is 0 Å².